The van der Waals surface area contributed by atoms with Crippen molar-refractivity contribution in [2.75, 3.05) is 5.73 Å². The van der Waals surface area contributed by atoms with Gasteiger partial charge in [-0.25, -0.2) is 4.98 Å². The molecule has 0 aliphatic carbocycles. The SMILES string of the molecule is Nc1nc(Cl)c2ncn(Cc3cc(Cl)cc(Cl)c3)c2n1. The summed E-state index contributed by atoms with van der Waals surface area (Å²) in [5, 5.41) is 1.38. The summed E-state index contributed by atoms with van der Waals surface area (Å²) in [6.07, 6.45) is 1.62. The standard InChI is InChI=1S/C12H8Cl3N5/c13-7-1-6(2-8(14)3-7)4-20-5-17-9-10(15)18-12(16)19-11(9)20/h1-3,5H,4H2,(H2,16,18,19). The van der Waals surface area contributed by atoms with Crippen molar-refractivity contribution < 1.29 is 0 Å². The monoisotopic (exact) mass is 327 g/mol. The molecule has 0 amide bonds. The fraction of sp³-hybridized carbons (Fsp3) is 0.0833. The van der Waals surface area contributed by atoms with Crippen LogP contribution in [0.25, 0.3) is 11.2 Å². The van der Waals surface area contributed by atoms with Crippen molar-refractivity contribution in [1.82, 2.24) is 19.5 Å². The number of rotatable bonds is 2. The second-order valence-electron chi connectivity index (χ2n) is 4.19. The average Bonchev–Trinajstić information content (AvgIpc) is 2.71. The van der Waals surface area contributed by atoms with Crippen LogP contribution in [0.15, 0.2) is 24.5 Å². The molecular formula is C12H8Cl3N5. The molecule has 1 aromatic carbocycles. The summed E-state index contributed by atoms with van der Waals surface area (Å²) < 4.78 is 1.81. The molecule has 2 N–H and O–H groups in total. The predicted molar refractivity (Wildman–Crippen MR) is 80.3 cm³/mol. The molecule has 0 atom stereocenters. The van der Waals surface area contributed by atoms with Gasteiger partial charge >= 0.3 is 0 Å². The molecule has 0 fully saturated rings. The molecule has 0 saturated heterocycles. The zero-order chi connectivity index (χ0) is 14.3. The lowest BCUT2D eigenvalue weighted by atomic mass is 10.2. The smallest absolute Gasteiger partial charge is 0.223 e. The molecule has 2 aromatic heterocycles. The van der Waals surface area contributed by atoms with Crippen molar-refractivity contribution in [3.63, 3.8) is 0 Å². The molecule has 102 valence electrons. The Hall–Kier alpha value is -1.56. The highest BCUT2D eigenvalue weighted by Gasteiger charge is 2.11. The predicted octanol–water partition coefficient (Wildman–Crippen LogP) is 3.42. The Labute approximate surface area is 129 Å². The van der Waals surface area contributed by atoms with Gasteiger partial charge in [0.1, 0.15) is 5.52 Å². The summed E-state index contributed by atoms with van der Waals surface area (Å²) in [6.45, 7) is 0.504. The lowest BCUT2D eigenvalue weighted by Gasteiger charge is -2.06. The molecule has 3 rings (SSSR count). The van der Waals surface area contributed by atoms with Gasteiger partial charge in [-0.2, -0.15) is 9.97 Å². The number of halogens is 3. The molecule has 2 heterocycles. The molecule has 20 heavy (non-hydrogen) atoms. The quantitative estimate of drug-likeness (QED) is 0.732. The third-order valence-corrected chi connectivity index (χ3v) is 3.41. The molecule has 0 spiro atoms. The van der Waals surface area contributed by atoms with Gasteiger partial charge in [0.05, 0.1) is 12.9 Å². The second-order valence-corrected chi connectivity index (χ2v) is 5.43. The first-order valence-corrected chi connectivity index (χ1v) is 6.75. The molecule has 5 nitrogen and oxygen atoms in total. The van der Waals surface area contributed by atoms with Crippen molar-refractivity contribution >= 4 is 51.9 Å². The topological polar surface area (TPSA) is 69.6 Å². The molecule has 3 aromatic rings. The molecule has 0 aliphatic rings. The zero-order valence-electron chi connectivity index (χ0n) is 10.0. The van der Waals surface area contributed by atoms with Gasteiger partial charge in [-0.15, -0.1) is 0 Å². The van der Waals surface area contributed by atoms with E-state index in [2.05, 4.69) is 15.0 Å². The Morgan fingerprint density at radius 3 is 2.45 bits per heavy atom. The van der Waals surface area contributed by atoms with Gasteiger partial charge in [-0.3, -0.25) is 0 Å². The van der Waals surface area contributed by atoms with Crippen LogP contribution in [0.2, 0.25) is 15.2 Å². The van der Waals surface area contributed by atoms with Gasteiger partial charge < -0.3 is 10.3 Å². The van der Waals surface area contributed by atoms with Crippen molar-refractivity contribution in [3.05, 3.63) is 45.3 Å². The molecule has 0 radical (unpaired) electrons. The second kappa shape index (κ2) is 5.09. The molecule has 0 bridgehead atoms. The zero-order valence-corrected chi connectivity index (χ0v) is 12.3. The van der Waals surface area contributed by atoms with Gasteiger partial charge in [-0.05, 0) is 23.8 Å². The molecule has 0 unspecified atom stereocenters. The van der Waals surface area contributed by atoms with Crippen LogP contribution in [-0.4, -0.2) is 19.5 Å². The minimum Gasteiger partial charge on any atom is -0.368 e. The van der Waals surface area contributed by atoms with E-state index in [0.29, 0.717) is 27.8 Å². The van der Waals surface area contributed by atoms with Crippen molar-refractivity contribution in [2.24, 2.45) is 0 Å². The number of nitrogens with zero attached hydrogens (tertiary/aromatic N) is 4. The number of nitrogen functional groups attached to an aromatic ring is 1. The summed E-state index contributed by atoms with van der Waals surface area (Å²) in [4.78, 5) is 12.2. The Bertz CT molecular complexity index is 779. The Kier molecular flexibility index (Phi) is 3.41. The number of imidazole rings is 1. The average molecular weight is 329 g/mol. The van der Waals surface area contributed by atoms with E-state index < -0.39 is 0 Å². The normalized spacial score (nSPS) is 11.2. The molecule has 0 saturated carbocycles. The first-order chi connectivity index (χ1) is 9.52. The van der Waals surface area contributed by atoms with E-state index in [1.807, 2.05) is 12.1 Å². The van der Waals surface area contributed by atoms with E-state index in [0.717, 1.165) is 5.56 Å². The fourth-order valence-electron chi connectivity index (χ4n) is 1.94. The summed E-state index contributed by atoms with van der Waals surface area (Å²) in [6, 6.07) is 5.33. The number of hydrogen-bond donors (Lipinski definition) is 1. The van der Waals surface area contributed by atoms with Crippen molar-refractivity contribution in [3.8, 4) is 0 Å². The van der Waals surface area contributed by atoms with E-state index in [4.69, 9.17) is 40.5 Å². The Morgan fingerprint density at radius 1 is 1.05 bits per heavy atom. The third-order valence-electron chi connectivity index (χ3n) is 2.71. The molecule has 0 aliphatic heterocycles. The summed E-state index contributed by atoms with van der Waals surface area (Å²) in [7, 11) is 0. The summed E-state index contributed by atoms with van der Waals surface area (Å²) in [5.74, 6) is 0.105. The minimum absolute atomic E-state index is 0.105. The van der Waals surface area contributed by atoms with E-state index in [1.165, 1.54) is 0 Å². The molecular weight excluding hydrogens is 321 g/mol. The fourth-order valence-corrected chi connectivity index (χ4v) is 2.73. The number of nitrogens with two attached hydrogens (primary N) is 1. The van der Waals surface area contributed by atoms with E-state index in [1.54, 1.807) is 17.0 Å². The van der Waals surface area contributed by atoms with Crippen LogP contribution in [0.4, 0.5) is 5.95 Å². The van der Waals surface area contributed by atoms with Crippen LogP contribution in [0, 0.1) is 0 Å². The largest absolute Gasteiger partial charge is 0.368 e. The van der Waals surface area contributed by atoms with E-state index in [9.17, 15) is 0 Å². The van der Waals surface area contributed by atoms with Crippen LogP contribution < -0.4 is 5.73 Å². The third kappa shape index (κ3) is 2.52. The van der Waals surface area contributed by atoms with Crippen LogP contribution in [0.5, 0.6) is 0 Å². The van der Waals surface area contributed by atoms with Gasteiger partial charge in [-0.1, -0.05) is 34.8 Å². The van der Waals surface area contributed by atoms with Gasteiger partial charge in [0, 0.05) is 10.0 Å². The van der Waals surface area contributed by atoms with Crippen molar-refractivity contribution in [2.45, 2.75) is 6.54 Å². The summed E-state index contributed by atoms with van der Waals surface area (Å²) >= 11 is 17.9. The first-order valence-electron chi connectivity index (χ1n) is 5.62. The van der Waals surface area contributed by atoms with E-state index in [-0.39, 0.29) is 11.1 Å². The Morgan fingerprint density at radius 2 is 1.75 bits per heavy atom. The number of benzene rings is 1. The lowest BCUT2D eigenvalue weighted by molar-refractivity contribution is 0.814. The number of aromatic nitrogens is 4. The highest BCUT2D eigenvalue weighted by atomic mass is 35.5. The number of anilines is 1. The maximum absolute atomic E-state index is 5.98. The highest BCUT2D eigenvalue weighted by molar-refractivity contribution is 6.34. The molecule has 8 heteroatoms. The van der Waals surface area contributed by atoms with Gasteiger partial charge in [0.2, 0.25) is 5.95 Å². The highest BCUT2D eigenvalue weighted by Crippen LogP contribution is 2.23. The van der Waals surface area contributed by atoms with Gasteiger partial charge in [0.25, 0.3) is 0 Å². The van der Waals surface area contributed by atoms with Crippen LogP contribution in [0.1, 0.15) is 5.56 Å². The van der Waals surface area contributed by atoms with E-state index >= 15 is 0 Å². The van der Waals surface area contributed by atoms with Crippen LogP contribution in [0.3, 0.4) is 0 Å². The van der Waals surface area contributed by atoms with Crippen molar-refractivity contribution in [1.29, 1.82) is 0 Å². The lowest BCUT2D eigenvalue weighted by Crippen LogP contribution is -2.02. The minimum atomic E-state index is 0.105. The first kappa shape index (κ1) is 13.4. The van der Waals surface area contributed by atoms with Crippen LogP contribution in [-0.2, 0) is 6.54 Å². The summed E-state index contributed by atoms with van der Waals surface area (Å²) in [5.41, 5.74) is 7.61. The maximum Gasteiger partial charge on any atom is 0.223 e. The Balaban J connectivity index is 2.07. The number of fused-ring (bicyclic) bond motifs is 1. The van der Waals surface area contributed by atoms with Gasteiger partial charge in [0.15, 0.2) is 10.8 Å². The maximum atomic E-state index is 5.98. The number of hydrogen-bond acceptors (Lipinski definition) is 4. The van der Waals surface area contributed by atoms with Crippen LogP contribution >= 0.6 is 34.8 Å².